The smallest absolute Gasteiger partial charge is 0.335 e. The summed E-state index contributed by atoms with van der Waals surface area (Å²) in [7, 11) is 0. The van der Waals surface area contributed by atoms with Gasteiger partial charge in [0.15, 0.2) is 0 Å². The second kappa shape index (κ2) is 25.2. The third-order valence-electron chi connectivity index (χ3n) is 8.85. The SMILES string of the molecule is CC.CC.CCC(C)=C1CCC1.CCC(C)CC(CC)C1CCC1.Cc1ccc2ccccc2c1.O=C(O)c1ccc(O)cc1. The molecule has 3 aromatic rings. The van der Waals surface area contributed by atoms with Gasteiger partial charge in [-0.15, -0.1) is 0 Å². The van der Waals surface area contributed by atoms with Crippen molar-refractivity contribution in [3.63, 3.8) is 0 Å². The van der Waals surface area contributed by atoms with E-state index in [0.717, 1.165) is 17.8 Å². The molecule has 0 aromatic heterocycles. The molecular weight excluding hydrogens is 552 g/mol. The third kappa shape index (κ3) is 16.7. The largest absolute Gasteiger partial charge is 0.508 e. The maximum atomic E-state index is 10.2. The molecule has 2 aliphatic carbocycles. The molecule has 3 nitrogen and oxygen atoms in total. The Balaban J connectivity index is 0.000000557. The number of carbonyl (C=O) groups is 1. The van der Waals surface area contributed by atoms with Crippen molar-refractivity contribution in [1.29, 1.82) is 0 Å². The van der Waals surface area contributed by atoms with Gasteiger partial charge in [-0.25, -0.2) is 4.79 Å². The standard InChI is InChI=1S/C12H24.C11H10.C8H14.C7H6O3.2C2H6/c1-4-10(3)9-11(5-2)12-7-6-8-12;1-9-6-7-10-4-2-3-5-11(10)8-9;1-3-7(2)8-5-4-6-8;8-6-3-1-5(2-4-6)7(9)10;2*1-2/h10-12H,4-9H2,1-3H3;2-8H,1H3;3-6H2,1-2H3;1-4,8H,(H,9,10);2*1-2H3. The van der Waals surface area contributed by atoms with E-state index in [1.807, 2.05) is 27.7 Å². The van der Waals surface area contributed by atoms with Crippen LogP contribution in [0.15, 0.2) is 77.9 Å². The fourth-order valence-electron chi connectivity index (χ4n) is 5.23. The molecule has 2 atom stereocenters. The lowest BCUT2D eigenvalue weighted by atomic mass is 9.71. The molecule has 45 heavy (non-hydrogen) atoms. The predicted molar refractivity (Wildman–Crippen MR) is 198 cm³/mol. The highest BCUT2D eigenvalue weighted by atomic mass is 16.4. The average Bonchev–Trinajstić information content (AvgIpc) is 3.02. The first-order valence-electron chi connectivity index (χ1n) is 17.8. The van der Waals surface area contributed by atoms with Crippen LogP contribution in [0.5, 0.6) is 5.75 Å². The summed E-state index contributed by atoms with van der Waals surface area (Å²) in [5.74, 6) is 2.19. The molecule has 0 aliphatic heterocycles. The van der Waals surface area contributed by atoms with Crippen molar-refractivity contribution in [3.8, 4) is 5.75 Å². The predicted octanol–water partition coefficient (Wildman–Crippen LogP) is 13.4. The number of aryl methyl sites for hydroxylation is 1. The molecular formula is C42H66O3. The molecule has 0 heterocycles. The Hall–Kier alpha value is -3.07. The van der Waals surface area contributed by atoms with Gasteiger partial charge in [-0.1, -0.05) is 147 Å². The summed E-state index contributed by atoms with van der Waals surface area (Å²) >= 11 is 0. The number of carboxylic acid groups (broad SMARTS) is 1. The second-order valence-corrected chi connectivity index (χ2v) is 11.9. The molecule has 0 saturated heterocycles. The van der Waals surface area contributed by atoms with Gasteiger partial charge in [0.25, 0.3) is 0 Å². The Kier molecular flexibility index (Phi) is 23.4. The Morgan fingerprint density at radius 2 is 1.40 bits per heavy atom. The zero-order chi connectivity index (χ0) is 34.2. The molecule has 2 saturated carbocycles. The van der Waals surface area contributed by atoms with E-state index in [0.29, 0.717) is 0 Å². The van der Waals surface area contributed by atoms with Crippen molar-refractivity contribution in [2.75, 3.05) is 0 Å². The van der Waals surface area contributed by atoms with E-state index in [-0.39, 0.29) is 11.3 Å². The van der Waals surface area contributed by atoms with Gasteiger partial charge >= 0.3 is 5.97 Å². The first-order valence-corrected chi connectivity index (χ1v) is 17.8. The normalized spacial score (nSPS) is 14.2. The molecule has 252 valence electrons. The van der Waals surface area contributed by atoms with E-state index >= 15 is 0 Å². The van der Waals surface area contributed by atoms with Gasteiger partial charge in [0.2, 0.25) is 0 Å². The van der Waals surface area contributed by atoms with Gasteiger partial charge in [0.05, 0.1) is 5.56 Å². The van der Waals surface area contributed by atoms with Gasteiger partial charge in [-0.3, -0.25) is 0 Å². The summed E-state index contributed by atoms with van der Waals surface area (Å²) in [5.41, 5.74) is 4.87. The number of phenols is 1. The van der Waals surface area contributed by atoms with Crippen molar-refractivity contribution in [2.45, 2.75) is 133 Å². The molecule has 2 N–H and O–H groups in total. The fraction of sp³-hybridized carbons (Fsp3) is 0.548. The van der Waals surface area contributed by atoms with Gasteiger partial charge < -0.3 is 10.2 Å². The second-order valence-electron chi connectivity index (χ2n) is 11.9. The van der Waals surface area contributed by atoms with E-state index in [1.165, 1.54) is 105 Å². The van der Waals surface area contributed by atoms with Gasteiger partial charge in [-0.05, 0) is 98.7 Å². The van der Waals surface area contributed by atoms with Crippen molar-refractivity contribution >= 4 is 16.7 Å². The molecule has 2 unspecified atom stereocenters. The topological polar surface area (TPSA) is 57.5 Å². The van der Waals surface area contributed by atoms with Crippen LogP contribution in [0.2, 0.25) is 0 Å². The molecule has 0 radical (unpaired) electrons. The zero-order valence-electron chi connectivity index (χ0n) is 30.5. The monoisotopic (exact) mass is 619 g/mol. The Labute approximate surface area is 277 Å². The van der Waals surface area contributed by atoms with Gasteiger partial charge in [-0.2, -0.15) is 0 Å². The number of benzene rings is 3. The number of allylic oxidation sites excluding steroid dienone is 2. The van der Waals surface area contributed by atoms with Crippen LogP contribution in [-0.2, 0) is 0 Å². The number of aromatic carboxylic acids is 1. The Morgan fingerprint density at radius 1 is 0.822 bits per heavy atom. The third-order valence-corrected chi connectivity index (χ3v) is 8.85. The summed E-state index contributed by atoms with van der Waals surface area (Å²) in [5, 5.41) is 19.8. The van der Waals surface area contributed by atoms with Crippen LogP contribution in [0, 0.1) is 24.7 Å². The fourth-order valence-corrected chi connectivity index (χ4v) is 5.23. The minimum Gasteiger partial charge on any atom is -0.508 e. The summed E-state index contributed by atoms with van der Waals surface area (Å²) in [4.78, 5) is 10.2. The van der Waals surface area contributed by atoms with E-state index in [2.05, 4.69) is 84.0 Å². The number of hydrogen-bond donors (Lipinski definition) is 2. The number of phenolic OH excluding ortho intramolecular Hbond substituents is 1. The maximum absolute atomic E-state index is 10.2. The lowest BCUT2D eigenvalue weighted by molar-refractivity contribution is 0.0697. The van der Waals surface area contributed by atoms with Gasteiger partial charge in [0, 0.05) is 0 Å². The van der Waals surface area contributed by atoms with Crippen LogP contribution in [0.3, 0.4) is 0 Å². The van der Waals surface area contributed by atoms with Crippen LogP contribution in [0.25, 0.3) is 10.8 Å². The summed E-state index contributed by atoms with van der Waals surface area (Å²) in [6.07, 6.45) is 14.3. The minimum atomic E-state index is -0.986. The molecule has 2 aliphatic rings. The molecule has 0 spiro atoms. The molecule has 5 rings (SSSR count). The molecule has 0 amide bonds. The highest BCUT2D eigenvalue weighted by Crippen LogP contribution is 2.38. The quantitative estimate of drug-likeness (QED) is 0.259. The number of rotatable bonds is 7. The Morgan fingerprint density at radius 3 is 1.80 bits per heavy atom. The number of hydrogen-bond acceptors (Lipinski definition) is 2. The van der Waals surface area contributed by atoms with E-state index in [1.54, 1.807) is 11.1 Å². The van der Waals surface area contributed by atoms with Crippen LogP contribution in [0.4, 0.5) is 0 Å². The van der Waals surface area contributed by atoms with Crippen molar-refractivity contribution < 1.29 is 15.0 Å². The van der Waals surface area contributed by atoms with E-state index in [9.17, 15) is 4.79 Å². The van der Waals surface area contributed by atoms with Crippen LogP contribution >= 0.6 is 0 Å². The van der Waals surface area contributed by atoms with Crippen molar-refractivity contribution in [2.24, 2.45) is 17.8 Å². The summed E-state index contributed by atoms with van der Waals surface area (Å²) in [6, 6.07) is 20.3. The number of carboxylic acids is 1. The Bertz CT molecular complexity index is 1190. The van der Waals surface area contributed by atoms with Crippen LogP contribution in [0.1, 0.15) is 142 Å². The lowest BCUT2D eigenvalue weighted by Crippen LogP contribution is -2.23. The number of aromatic hydroxyl groups is 1. The van der Waals surface area contributed by atoms with Crippen LogP contribution in [-0.4, -0.2) is 16.2 Å². The lowest BCUT2D eigenvalue weighted by Gasteiger charge is -2.34. The van der Waals surface area contributed by atoms with Gasteiger partial charge in [0.1, 0.15) is 5.75 Å². The minimum absolute atomic E-state index is 0.0741. The summed E-state index contributed by atoms with van der Waals surface area (Å²) < 4.78 is 0. The molecule has 2 fully saturated rings. The van der Waals surface area contributed by atoms with Crippen molar-refractivity contribution in [1.82, 2.24) is 0 Å². The number of fused-ring (bicyclic) bond motifs is 1. The highest BCUT2D eigenvalue weighted by molar-refractivity contribution is 5.87. The molecule has 3 aromatic carbocycles. The first kappa shape index (κ1) is 41.9. The van der Waals surface area contributed by atoms with Crippen LogP contribution < -0.4 is 0 Å². The molecule has 3 heteroatoms. The van der Waals surface area contributed by atoms with E-state index < -0.39 is 5.97 Å². The highest BCUT2D eigenvalue weighted by Gasteiger charge is 2.26. The average molecular weight is 619 g/mol. The zero-order valence-corrected chi connectivity index (χ0v) is 30.5. The van der Waals surface area contributed by atoms with E-state index in [4.69, 9.17) is 10.2 Å². The maximum Gasteiger partial charge on any atom is 0.335 e. The van der Waals surface area contributed by atoms with Crippen molar-refractivity contribution in [3.05, 3.63) is 89.0 Å². The summed E-state index contributed by atoms with van der Waals surface area (Å²) in [6.45, 7) is 21.7. The molecule has 0 bridgehead atoms. The first-order chi connectivity index (χ1) is 21.7.